The maximum absolute atomic E-state index is 4.41. The van der Waals surface area contributed by atoms with Gasteiger partial charge in [0, 0.05) is 37.4 Å². The quantitative estimate of drug-likeness (QED) is 0.834. The van der Waals surface area contributed by atoms with Gasteiger partial charge in [-0.25, -0.2) is 0 Å². The highest BCUT2D eigenvalue weighted by atomic mass is 15.2. The normalized spacial score (nSPS) is 21.1. The largest absolute Gasteiger partial charge is 0.315 e. The zero-order valence-corrected chi connectivity index (χ0v) is 11.4. The molecular formula is C15H25N3. The highest BCUT2D eigenvalue weighted by Crippen LogP contribution is 2.16. The smallest absolute Gasteiger partial charge is 0.0416 e. The fraction of sp³-hybridized carbons (Fsp3) is 0.667. The first-order valence-corrected chi connectivity index (χ1v) is 7.25. The third kappa shape index (κ3) is 4.07. The number of piperidine rings is 1. The van der Waals surface area contributed by atoms with Crippen LogP contribution in [-0.2, 0) is 6.42 Å². The van der Waals surface area contributed by atoms with Crippen LogP contribution in [0.15, 0.2) is 24.4 Å². The van der Waals surface area contributed by atoms with Gasteiger partial charge in [0.15, 0.2) is 0 Å². The Morgan fingerprint density at radius 1 is 1.39 bits per heavy atom. The maximum atomic E-state index is 4.41. The lowest BCUT2D eigenvalue weighted by Gasteiger charge is -2.35. The second-order valence-electron chi connectivity index (χ2n) is 5.06. The molecule has 3 heteroatoms. The van der Waals surface area contributed by atoms with E-state index < -0.39 is 0 Å². The Bertz CT molecular complexity index is 326. The van der Waals surface area contributed by atoms with Gasteiger partial charge in [0.05, 0.1) is 0 Å². The molecule has 1 unspecified atom stereocenters. The molecule has 0 amide bonds. The molecule has 1 aliphatic rings. The van der Waals surface area contributed by atoms with Gasteiger partial charge in [-0.2, -0.15) is 0 Å². The Kier molecular flexibility index (Phi) is 5.62. The van der Waals surface area contributed by atoms with Gasteiger partial charge in [-0.05, 0) is 38.1 Å². The lowest BCUT2D eigenvalue weighted by atomic mass is 10.0. The van der Waals surface area contributed by atoms with Crippen LogP contribution in [0.4, 0.5) is 0 Å². The van der Waals surface area contributed by atoms with Crippen molar-refractivity contribution in [1.29, 1.82) is 0 Å². The molecule has 0 aliphatic carbocycles. The first-order valence-electron chi connectivity index (χ1n) is 7.25. The summed E-state index contributed by atoms with van der Waals surface area (Å²) in [6.07, 6.45) is 7.04. The van der Waals surface area contributed by atoms with Crippen molar-refractivity contribution in [3.05, 3.63) is 30.1 Å². The molecule has 1 aliphatic heterocycles. The van der Waals surface area contributed by atoms with Gasteiger partial charge in [0.1, 0.15) is 0 Å². The molecule has 3 nitrogen and oxygen atoms in total. The van der Waals surface area contributed by atoms with E-state index in [1.165, 1.54) is 31.5 Å². The maximum Gasteiger partial charge on any atom is 0.0416 e. The summed E-state index contributed by atoms with van der Waals surface area (Å²) in [6, 6.07) is 6.92. The van der Waals surface area contributed by atoms with Crippen molar-refractivity contribution in [2.45, 2.75) is 38.6 Å². The molecule has 1 aromatic rings. The minimum Gasteiger partial charge on any atom is -0.315 e. The minimum absolute atomic E-state index is 0.724. The van der Waals surface area contributed by atoms with Crippen LogP contribution in [0.2, 0.25) is 0 Å². The van der Waals surface area contributed by atoms with Gasteiger partial charge in [0.2, 0.25) is 0 Å². The molecule has 0 bridgehead atoms. The molecule has 2 heterocycles. The molecule has 0 saturated carbocycles. The second-order valence-corrected chi connectivity index (χ2v) is 5.06. The van der Waals surface area contributed by atoms with Crippen molar-refractivity contribution in [3.63, 3.8) is 0 Å². The number of nitrogens with zero attached hydrogens (tertiary/aromatic N) is 2. The van der Waals surface area contributed by atoms with Gasteiger partial charge in [-0.1, -0.05) is 19.4 Å². The predicted molar refractivity (Wildman–Crippen MR) is 75.7 cm³/mol. The Hall–Kier alpha value is -0.930. The standard InChI is InChI=1S/C15H25N3/c1-2-16-13-15-8-4-6-11-18(15)12-9-14-7-3-5-10-17-14/h3,5,7,10,15-16H,2,4,6,8-9,11-13H2,1H3. The van der Waals surface area contributed by atoms with E-state index in [9.17, 15) is 0 Å². The number of nitrogens with one attached hydrogen (secondary N) is 1. The molecule has 1 atom stereocenters. The van der Waals surface area contributed by atoms with Gasteiger partial charge in [0.25, 0.3) is 0 Å². The van der Waals surface area contributed by atoms with Crippen molar-refractivity contribution < 1.29 is 0 Å². The lowest BCUT2D eigenvalue weighted by molar-refractivity contribution is 0.147. The number of likely N-dealkylation sites (tertiary alicyclic amines) is 1. The molecular weight excluding hydrogens is 222 g/mol. The monoisotopic (exact) mass is 247 g/mol. The van der Waals surface area contributed by atoms with Crippen molar-refractivity contribution in [2.24, 2.45) is 0 Å². The molecule has 0 radical (unpaired) electrons. The van der Waals surface area contributed by atoms with Crippen LogP contribution in [0, 0.1) is 0 Å². The first kappa shape index (κ1) is 13.5. The second kappa shape index (κ2) is 7.49. The number of rotatable bonds is 6. The number of likely N-dealkylation sites (N-methyl/N-ethyl adjacent to an activating group) is 1. The van der Waals surface area contributed by atoms with Gasteiger partial charge in [-0.3, -0.25) is 9.88 Å². The number of aromatic nitrogens is 1. The summed E-state index contributed by atoms with van der Waals surface area (Å²) in [5, 5.41) is 3.49. The van der Waals surface area contributed by atoms with E-state index in [4.69, 9.17) is 0 Å². The summed E-state index contributed by atoms with van der Waals surface area (Å²) in [5.74, 6) is 0. The molecule has 1 saturated heterocycles. The third-order valence-corrected chi connectivity index (χ3v) is 3.76. The predicted octanol–water partition coefficient (Wildman–Crippen LogP) is 2.09. The summed E-state index contributed by atoms with van der Waals surface area (Å²) >= 11 is 0. The molecule has 0 spiro atoms. The Balaban J connectivity index is 1.81. The molecule has 18 heavy (non-hydrogen) atoms. The number of pyridine rings is 1. The van der Waals surface area contributed by atoms with E-state index in [1.54, 1.807) is 0 Å². The third-order valence-electron chi connectivity index (χ3n) is 3.76. The van der Waals surface area contributed by atoms with E-state index in [0.29, 0.717) is 0 Å². The fourth-order valence-electron chi connectivity index (χ4n) is 2.70. The van der Waals surface area contributed by atoms with Crippen LogP contribution in [-0.4, -0.2) is 42.1 Å². The molecule has 1 aromatic heterocycles. The summed E-state index contributed by atoms with van der Waals surface area (Å²) in [4.78, 5) is 7.05. The first-order chi connectivity index (χ1) is 8.90. The Labute approximate surface area is 111 Å². The van der Waals surface area contributed by atoms with E-state index in [1.807, 2.05) is 12.3 Å². The van der Waals surface area contributed by atoms with Crippen molar-refractivity contribution in [1.82, 2.24) is 15.2 Å². The van der Waals surface area contributed by atoms with Crippen LogP contribution in [0.3, 0.4) is 0 Å². The number of hydrogen-bond donors (Lipinski definition) is 1. The van der Waals surface area contributed by atoms with Gasteiger partial charge < -0.3 is 5.32 Å². The highest BCUT2D eigenvalue weighted by Gasteiger charge is 2.21. The van der Waals surface area contributed by atoms with Crippen LogP contribution in [0.1, 0.15) is 31.9 Å². The van der Waals surface area contributed by atoms with Crippen molar-refractivity contribution in [3.8, 4) is 0 Å². The van der Waals surface area contributed by atoms with Crippen LogP contribution in [0.25, 0.3) is 0 Å². The molecule has 100 valence electrons. The van der Waals surface area contributed by atoms with Crippen LogP contribution >= 0.6 is 0 Å². The van der Waals surface area contributed by atoms with Crippen LogP contribution in [0.5, 0.6) is 0 Å². The van der Waals surface area contributed by atoms with E-state index >= 15 is 0 Å². The molecule has 2 rings (SSSR count). The fourth-order valence-corrected chi connectivity index (χ4v) is 2.70. The molecule has 0 aromatic carbocycles. The van der Waals surface area contributed by atoms with E-state index in [2.05, 4.69) is 34.3 Å². The summed E-state index contributed by atoms with van der Waals surface area (Å²) < 4.78 is 0. The minimum atomic E-state index is 0.724. The van der Waals surface area contributed by atoms with Gasteiger partial charge >= 0.3 is 0 Å². The summed E-state index contributed by atoms with van der Waals surface area (Å²) in [7, 11) is 0. The zero-order chi connectivity index (χ0) is 12.6. The zero-order valence-electron chi connectivity index (χ0n) is 11.4. The summed E-state index contributed by atoms with van der Waals surface area (Å²) in [6.45, 7) is 6.79. The Morgan fingerprint density at radius 2 is 2.33 bits per heavy atom. The SMILES string of the molecule is CCNCC1CCCCN1CCc1ccccn1. The summed E-state index contributed by atoms with van der Waals surface area (Å²) in [5.41, 5.74) is 1.21. The lowest BCUT2D eigenvalue weighted by Crippen LogP contribution is -2.46. The molecule has 1 fully saturated rings. The van der Waals surface area contributed by atoms with E-state index in [-0.39, 0.29) is 0 Å². The van der Waals surface area contributed by atoms with E-state index in [0.717, 1.165) is 32.1 Å². The van der Waals surface area contributed by atoms with Crippen LogP contribution < -0.4 is 5.32 Å². The molecule has 1 N–H and O–H groups in total. The van der Waals surface area contributed by atoms with Gasteiger partial charge in [-0.15, -0.1) is 0 Å². The number of hydrogen-bond acceptors (Lipinski definition) is 3. The topological polar surface area (TPSA) is 28.2 Å². The highest BCUT2D eigenvalue weighted by molar-refractivity contribution is 5.04. The Morgan fingerprint density at radius 3 is 3.11 bits per heavy atom. The average molecular weight is 247 g/mol. The van der Waals surface area contributed by atoms with Crippen molar-refractivity contribution in [2.75, 3.05) is 26.2 Å². The average Bonchev–Trinajstić information content (AvgIpc) is 2.45. The van der Waals surface area contributed by atoms with Crippen molar-refractivity contribution >= 4 is 0 Å².